The summed E-state index contributed by atoms with van der Waals surface area (Å²) in [4.78, 5) is 30.9. The Labute approximate surface area is 170 Å². The van der Waals surface area contributed by atoms with Crippen LogP contribution in [0.4, 0.5) is 10.1 Å². The summed E-state index contributed by atoms with van der Waals surface area (Å²) in [5, 5.41) is 2.72. The van der Waals surface area contributed by atoms with Gasteiger partial charge in [-0.3, -0.25) is 14.6 Å². The van der Waals surface area contributed by atoms with Crippen molar-refractivity contribution in [2.45, 2.75) is 38.7 Å². The molecule has 1 aliphatic rings. The van der Waals surface area contributed by atoms with E-state index in [4.69, 9.17) is 4.74 Å². The first-order valence-electron chi connectivity index (χ1n) is 9.84. The molecule has 1 fully saturated rings. The first-order valence-corrected chi connectivity index (χ1v) is 9.84. The fraction of sp³-hybridized carbons (Fsp3) is 0.409. The Morgan fingerprint density at radius 3 is 2.66 bits per heavy atom. The average Bonchev–Trinajstić information content (AvgIpc) is 2.74. The van der Waals surface area contributed by atoms with Crippen molar-refractivity contribution in [3.05, 3.63) is 59.7 Å². The van der Waals surface area contributed by atoms with Crippen LogP contribution in [0.3, 0.4) is 0 Å². The van der Waals surface area contributed by atoms with Gasteiger partial charge < -0.3 is 15.0 Å². The molecular formula is C22H26FN3O3. The SMILES string of the molecule is CC(C)OCC(=O)N1CCC[C@@H](c2ccc(C(=O)Nc3ccc(F)cc3)cn2)C1. The second-order valence-electron chi connectivity index (χ2n) is 7.47. The van der Waals surface area contributed by atoms with Gasteiger partial charge in [0.05, 0.1) is 11.7 Å². The van der Waals surface area contributed by atoms with Crippen molar-refractivity contribution in [3.63, 3.8) is 0 Å². The first kappa shape index (κ1) is 20.9. The number of nitrogens with zero attached hydrogens (tertiary/aromatic N) is 2. The van der Waals surface area contributed by atoms with Gasteiger partial charge in [0.15, 0.2) is 0 Å². The zero-order valence-corrected chi connectivity index (χ0v) is 16.7. The molecule has 7 heteroatoms. The van der Waals surface area contributed by atoms with E-state index in [2.05, 4.69) is 10.3 Å². The fourth-order valence-corrected chi connectivity index (χ4v) is 3.29. The minimum absolute atomic E-state index is 0.00121. The highest BCUT2D eigenvalue weighted by molar-refractivity contribution is 6.04. The predicted octanol–water partition coefficient (Wildman–Crippen LogP) is 3.60. The lowest BCUT2D eigenvalue weighted by atomic mass is 9.94. The highest BCUT2D eigenvalue weighted by Crippen LogP contribution is 2.26. The minimum atomic E-state index is -0.357. The van der Waals surface area contributed by atoms with Gasteiger partial charge in [-0.15, -0.1) is 0 Å². The molecule has 2 amide bonds. The maximum atomic E-state index is 13.0. The Bertz CT molecular complexity index is 837. The predicted molar refractivity (Wildman–Crippen MR) is 108 cm³/mol. The van der Waals surface area contributed by atoms with Crippen molar-refractivity contribution in [1.29, 1.82) is 0 Å². The monoisotopic (exact) mass is 399 g/mol. The second-order valence-corrected chi connectivity index (χ2v) is 7.47. The molecule has 0 radical (unpaired) electrons. The lowest BCUT2D eigenvalue weighted by Crippen LogP contribution is -2.41. The molecule has 29 heavy (non-hydrogen) atoms. The lowest BCUT2D eigenvalue weighted by Gasteiger charge is -2.32. The van der Waals surface area contributed by atoms with Gasteiger partial charge in [-0.1, -0.05) is 0 Å². The van der Waals surface area contributed by atoms with E-state index in [-0.39, 0.29) is 36.3 Å². The van der Waals surface area contributed by atoms with E-state index >= 15 is 0 Å². The topological polar surface area (TPSA) is 71.5 Å². The van der Waals surface area contributed by atoms with Crippen LogP contribution in [0, 0.1) is 5.82 Å². The number of pyridine rings is 1. The van der Waals surface area contributed by atoms with Crippen LogP contribution in [0.15, 0.2) is 42.6 Å². The van der Waals surface area contributed by atoms with Gasteiger partial charge in [-0.25, -0.2) is 4.39 Å². The minimum Gasteiger partial charge on any atom is -0.369 e. The van der Waals surface area contributed by atoms with Gasteiger partial charge in [0.1, 0.15) is 12.4 Å². The van der Waals surface area contributed by atoms with Gasteiger partial charge in [0.2, 0.25) is 5.91 Å². The molecule has 0 aliphatic carbocycles. The first-order chi connectivity index (χ1) is 13.9. The molecule has 3 rings (SSSR count). The molecule has 0 bridgehead atoms. The quantitative estimate of drug-likeness (QED) is 0.806. The molecular weight excluding hydrogens is 373 g/mol. The van der Waals surface area contributed by atoms with Crippen molar-refractivity contribution in [1.82, 2.24) is 9.88 Å². The normalized spacial score (nSPS) is 16.7. The third-order valence-electron chi connectivity index (χ3n) is 4.88. The number of ether oxygens (including phenoxy) is 1. The summed E-state index contributed by atoms with van der Waals surface area (Å²) in [6.45, 7) is 5.25. The van der Waals surface area contributed by atoms with Crippen molar-refractivity contribution >= 4 is 17.5 Å². The Morgan fingerprint density at radius 1 is 1.24 bits per heavy atom. The molecule has 0 saturated carbocycles. The van der Waals surface area contributed by atoms with Gasteiger partial charge in [0.25, 0.3) is 5.91 Å². The molecule has 0 unspecified atom stereocenters. The van der Waals surface area contributed by atoms with E-state index in [1.165, 1.54) is 30.5 Å². The number of carbonyl (C=O) groups is 2. The number of aromatic nitrogens is 1. The maximum Gasteiger partial charge on any atom is 0.257 e. The summed E-state index contributed by atoms with van der Waals surface area (Å²) >= 11 is 0. The summed E-state index contributed by atoms with van der Waals surface area (Å²) < 4.78 is 18.4. The van der Waals surface area contributed by atoms with Gasteiger partial charge in [-0.2, -0.15) is 0 Å². The Balaban J connectivity index is 1.59. The van der Waals surface area contributed by atoms with E-state index in [1.54, 1.807) is 6.07 Å². The number of amides is 2. The van der Waals surface area contributed by atoms with Crippen LogP contribution in [0.2, 0.25) is 0 Å². The van der Waals surface area contributed by atoms with Gasteiger partial charge in [0, 0.05) is 36.6 Å². The van der Waals surface area contributed by atoms with Crippen LogP contribution in [-0.4, -0.2) is 47.5 Å². The highest BCUT2D eigenvalue weighted by Gasteiger charge is 2.25. The molecule has 1 N–H and O–H groups in total. The summed E-state index contributed by atoms with van der Waals surface area (Å²) in [6, 6.07) is 9.16. The summed E-state index contributed by atoms with van der Waals surface area (Å²) in [5.74, 6) is -0.522. The molecule has 1 aromatic heterocycles. The summed E-state index contributed by atoms with van der Waals surface area (Å²) in [5.41, 5.74) is 1.81. The lowest BCUT2D eigenvalue weighted by molar-refractivity contribution is -0.138. The van der Waals surface area contributed by atoms with Crippen LogP contribution >= 0.6 is 0 Å². The Morgan fingerprint density at radius 2 is 2.00 bits per heavy atom. The molecule has 1 aliphatic heterocycles. The standard InChI is InChI=1S/C22H26FN3O3/c1-15(2)29-14-21(27)26-11-3-4-17(13-26)20-10-5-16(12-24-20)22(28)25-19-8-6-18(23)7-9-19/h5-10,12,15,17H,3-4,11,13-14H2,1-2H3,(H,25,28)/t17-/m1/s1. The molecule has 154 valence electrons. The Hall–Kier alpha value is -2.80. The number of anilines is 1. The molecule has 1 saturated heterocycles. The second kappa shape index (κ2) is 9.60. The average molecular weight is 399 g/mol. The van der Waals surface area contributed by atoms with E-state index in [0.29, 0.717) is 17.8 Å². The smallest absolute Gasteiger partial charge is 0.257 e. The van der Waals surface area contributed by atoms with Crippen LogP contribution in [0.5, 0.6) is 0 Å². The molecule has 2 aromatic rings. The maximum absolute atomic E-state index is 13.0. The van der Waals surface area contributed by atoms with Crippen LogP contribution in [0.1, 0.15) is 48.7 Å². The van der Waals surface area contributed by atoms with Crippen LogP contribution in [-0.2, 0) is 9.53 Å². The number of carbonyl (C=O) groups excluding carboxylic acids is 2. The fourth-order valence-electron chi connectivity index (χ4n) is 3.29. The molecule has 1 aromatic carbocycles. The number of hydrogen-bond donors (Lipinski definition) is 1. The van der Waals surface area contributed by atoms with Gasteiger partial charge in [-0.05, 0) is 63.1 Å². The van der Waals surface area contributed by atoms with E-state index in [0.717, 1.165) is 25.1 Å². The van der Waals surface area contributed by atoms with Gasteiger partial charge >= 0.3 is 0 Å². The van der Waals surface area contributed by atoms with E-state index in [9.17, 15) is 14.0 Å². The van der Waals surface area contributed by atoms with Crippen molar-refractivity contribution < 1.29 is 18.7 Å². The van der Waals surface area contributed by atoms with Crippen molar-refractivity contribution in [3.8, 4) is 0 Å². The number of halogens is 1. The zero-order valence-electron chi connectivity index (χ0n) is 16.7. The third kappa shape index (κ3) is 5.84. The molecule has 0 spiro atoms. The highest BCUT2D eigenvalue weighted by atomic mass is 19.1. The number of rotatable bonds is 6. The van der Waals surface area contributed by atoms with Crippen molar-refractivity contribution in [2.75, 3.05) is 25.0 Å². The molecule has 6 nitrogen and oxygen atoms in total. The van der Waals surface area contributed by atoms with Crippen LogP contribution in [0.25, 0.3) is 0 Å². The van der Waals surface area contributed by atoms with Crippen molar-refractivity contribution in [2.24, 2.45) is 0 Å². The van der Waals surface area contributed by atoms with Crippen LogP contribution < -0.4 is 5.32 Å². The largest absolute Gasteiger partial charge is 0.369 e. The number of likely N-dealkylation sites (tertiary alicyclic amines) is 1. The van der Waals surface area contributed by atoms with E-state index < -0.39 is 0 Å². The Kier molecular flexibility index (Phi) is 6.93. The summed E-state index contributed by atoms with van der Waals surface area (Å²) in [7, 11) is 0. The number of piperidine rings is 1. The zero-order chi connectivity index (χ0) is 20.8. The number of nitrogens with one attached hydrogen (secondary N) is 1. The number of hydrogen-bond acceptors (Lipinski definition) is 4. The van der Waals surface area contributed by atoms with E-state index in [1.807, 2.05) is 24.8 Å². The summed E-state index contributed by atoms with van der Waals surface area (Å²) in [6.07, 6.45) is 3.42. The molecule has 1 atom stereocenters. The number of benzene rings is 1. The third-order valence-corrected chi connectivity index (χ3v) is 4.88. The molecule has 2 heterocycles.